The van der Waals surface area contributed by atoms with Crippen molar-refractivity contribution in [2.24, 2.45) is 0 Å². The van der Waals surface area contributed by atoms with Crippen LogP contribution in [0.5, 0.6) is 0 Å². The molecule has 2 nitrogen and oxygen atoms in total. The van der Waals surface area contributed by atoms with E-state index in [9.17, 15) is 4.39 Å². The lowest BCUT2D eigenvalue weighted by Gasteiger charge is -2.22. The zero-order valence-electron chi connectivity index (χ0n) is 11.2. The normalized spacial score (nSPS) is 13.0. The third-order valence-electron chi connectivity index (χ3n) is 2.59. The van der Waals surface area contributed by atoms with Crippen molar-refractivity contribution in [3.63, 3.8) is 0 Å². The molecule has 0 aliphatic rings. The van der Waals surface area contributed by atoms with E-state index in [4.69, 9.17) is 16.3 Å². The third kappa shape index (κ3) is 4.56. The van der Waals surface area contributed by atoms with E-state index in [-0.39, 0.29) is 18.0 Å². The van der Waals surface area contributed by atoms with Crippen LogP contribution in [0, 0.1) is 5.82 Å². The van der Waals surface area contributed by atoms with Crippen molar-refractivity contribution < 1.29 is 9.13 Å². The highest BCUT2D eigenvalue weighted by Crippen LogP contribution is 2.26. The van der Waals surface area contributed by atoms with Crippen molar-refractivity contribution in [2.75, 3.05) is 13.2 Å². The number of nitrogens with one attached hydrogen (secondary N) is 1. The topological polar surface area (TPSA) is 21.3 Å². The summed E-state index contributed by atoms with van der Waals surface area (Å²) in [7, 11) is 0. The summed E-state index contributed by atoms with van der Waals surface area (Å²) in [5, 5.41) is 3.71. The minimum atomic E-state index is -0.288. The fraction of sp³-hybridized carbons (Fsp3) is 0.571. The van der Waals surface area contributed by atoms with Crippen LogP contribution in [0.25, 0.3) is 0 Å². The predicted molar refractivity (Wildman–Crippen MR) is 73.5 cm³/mol. The second-order valence-electron chi connectivity index (χ2n) is 4.52. The average molecular weight is 274 g/mol. The maximum atomic E-state index is 13.9. The Labute approximate surface area is 113 Å². The van der Waals surface area contributed by atoms with Crippen LogP contribution in [0.15, 0.2) is 18.2 Å². The van der Waals surface area contributed by atoms with Crippen LogP contribution in [-0.4, -0.2) is 19.3 Å². The van der Waals surface area contributed by atoms with Crippen LogP contribution in [0.2, 0.25) is 5.02 Å². The van der Waals surface area contributed by atoms with Crippen LogP contribution >= 0.6 is 11.6 Å². The van der Waals surface area contributed by atoms with E-state index >= 15 is 0 Å². The number of hydrogen-bond acceptors (Lipinski definition) is 2. The molecule has 0 saturated heterocycles. The second-order valence-corrected chi connectivity index (χ2v) is 4.93. The summed E-state index contributed by atoms with van der Waals surface area (Å²) in [6.45, 7) is 7.20. The van der Waals surface area contributed by atoms with Gasteiger partial charge in [-0.25, -0.2) is 4.39 Å². The first-order chi connectivity index (χ1) is 8.56. The summed E-state index contributed by atoms with van der Waals surface area (Å²) < 4.78 is 19.4. The molecular formula is C14H21ClFNO. The zero-order valence-corrected chi connectivity index (χ0v) is 11.9. The minimum absolute atomic E-state index is 0.112. The summed E-state index contributed by atoms with van der Waals surface area (Å²) in [6.07, 6.45) is 1.09. The maximum Gasteiger partial charge on any atom is 0.129 e. The summed E-state index contributed by atoms with van der Waals surface area (Å²) in [5.41, 5.74) is 0.494. The molecule has 4 heteroatoms. The van der Waals surface area contributed by atoms with Crippen molar-refractivity contribution in [1.29, 1.82) is 0 Å². The Morgan fingerprint density at radius 1 is 1.39 bits per heavy atom. The summed E-state index contributed by atoms with van der Waals surface area (Å²) >= 11 is 6.08. The fourth-order valence-corrected chi connectivity index (χ4v) is 1.99. The first kappa shape index (κ1) is 15.4. The summed E-state index contributed by atoms with van der Waals surface area (Å²) in [6, 6.07) is 4.54. The van der Waals surface area contributed by atoms with Crippen LogP contribution in [-0.2, 0) is 4.74 Å². The van der Waals surface area contributed by atoms with E-state index in [1.54, 1.807) is 12.1 Å². The quantitative estimate of drug-likeness (QED) is 0.812. The second kappa shape index (κ2) is 7.72. The smallest absolute Gasteiger partial charge is 0.129 e. The maximum absolute atomic E-state index is 13.9. The molecule has 1 N–H and O–H groups in total. The molecule has 0 aromatic heterocycles. The number of ether oxygens (including phenoxy) is 1. The number of benzene rings is 1. The molecule has 102 valence electrons. The van der Waals surface area contributed by atoms with Crippen LogP contribution in [0.3, 0.4) is 0 Å². The van der Waals surface area contributed by atoms with Gasteiger partial charge in [0, 0.05) is 10.6 Å². The summed E-state index contributed by atoms with van der Waals surface area (Å²) in [5.74, 6) is -0.288. The lowest BCUT2D eigenvalue weighted by molar-refractivity contribution is 0.0604. The van der Waals surface area contributed by atoms with Gasteiger partial charge in [0.15, 0.2) is 0 Å². The van der Waals surface area contributed by atoms with E-state index in [1.807, 2.05) is 13.8 Å². The van der Waals surface area contributed by atoms with Gasteiger partial charge in [-0.05, 0) is 38.9 Å². The van der Waals surface area contributed by atoms with Gasteiger partial charge < -0.3 is 10.1 Å². The highest BCUT2D eigenvalue weighted by molar-refractivity contribution is 6.31. The van der Waals surface area contributed by atoms with Gasteiger partial charge >= 0.3 is 0 Å². The number of rotatable bonds is 7. The standard InChI is InChI=1S/C14H21ClFNO/c1-4-8-17-13(9-18-10(2)3)14-11(15)6-5-7-12(14)16/h5-7,10,13,17H,4,8-9H2,1-3H3. The zero-order chi connectivity index (χ0) is 13.5. The first-order valence-corrected chi connectivity index (χ1v) is 6.73. The van der Waals surface area contributed by atoms with Gasteiger partial charge in [0.2, 0.25) is 0 Å². The Balaban J connectivity index is 2.86. The van der Waals surface area contributed by atoms with Gasteiger partial charge in [-0.2, -0.15) is 0 Å². The lowest BCUT2D eigenvalue weighted by atomic mass is 10.1. The lowest BCUT2D eigenvalue weighted by Crippen LogP contribution is -2.28. The van der Waals surface area contributed by atoms with E-state index in [1.165, 1.54) is 6.07 Å². The van der Waals surface area contributed by atoms with E-state index in [0.717, 1.165) is 13.0 Å². The van der Waals surface area contributed by atoms with E-state index < -0.39 is 0 Å². The van der Waals surface area contributed by atoms with Crippen LogP contribution < -0.4 is 5.32 Å². The molecular weight excluding hydrogens is 253 g/mol. The van der Waals surface area contributed by atoms with Gasteiger partial charge in [-0.3, -0.25) is 0 Å². The fourth-order valence-electron chi connectivity index (χ4n) is 1.70. The van der Waals surface area contributed by atoms with Crippen molar-refractivity contribution >= 4 is 11.6 Å². The Kier molecular flexibility index (Phi) is 6.61. The third-order valence-corrected chi connectivity index (χ3v) is 2.91. The molecule has 1 unspecified atom stereocenters. The molecule has 0 saturated carbocycles. The Morgan fingerprint density at radius 2 is 2.11 bits per heavy atom. The molecule has 0 amide bonds. The SMILES string of the molecule is CCCNC(COC(C)C)c1c(F)cccc1Cl. The van der Waals surface area contributed by atoms with Gasteiger partial charge in [-0.1, -0.05) is 24.6 Å². The van der Waals surface area contributed by atoms with Gasteiger partial charge in [0.1, 0.15) is 5.82 Å². The predicted octanol–water partition coefficient (Wildman–Crippen LogP) is 3.94. The Morgan fingerprint density at radius 3 is 2.67 bits per heavy atom. The molecule has 0 aliphatic heterocycles. The van der Waals surface area contributed by atoms with Crippen molar-refractivity contribution in [1.82, 2.24) is 5.32 Å². The molecule has 1 atom stereocenters. The minimum Gasteiger partial charge on any atom is -0.377 e. The number of hydrogen-bond donors (Lipinski definition) is 1. The molecule has 0 heterocycles. The van der Waals surface area contributed by atoms with Gasteiger partial charge in [0.05, 0.1) is 18.8 Å². The van der Waals surface area contributed by atoms with Crippen molar-refractivity contribution in [3.8, 4) is 0 Å². The highest BCUT2D eigenvalue weighted by atomic mass is 35.5. The highest BCUT2D eigenvalue weighted by Gasteiger charge is 2.19. The van der Waals surface area contributed by atoms with E-state index in [0.29, 0.717) is 17.2 Å². The van der Waals surface area contributed by atoms with Crippen LogP contribution in [0.1, 0.15) is 38.8 Å². The molecule has 0 radical (unpaired) electrons. The number of halogens is 2. The largest absolute Gasteiger partial charge is 0.377 e. The average Bonchev–Trinajstić information content (AvgIpc) is 2.31. The molecule has 0 aliphatic carbocycles. The van der Waals surface area contributed by atoms with E-state index in [2.05, 4.69) is 12.2 Å². The molecule has 0 bridgehead atoms. The first-order valence-electron chi connectivity index (χ1n) is 6.35. The summed E-state index contributed by atoms with van der Waals surface area (Å²) in [4.78, 5) is 0. The molecule has 18 heavy (non-hydrogen) atoms. The van der Waals surface area contributed by atoms with Gasteiger partial charge in [-0.15, -0.1) is 0 Å². The molecule has 1 aromatic carbocycles. The Bertz CT molecular complexity index is 351. The molecule has 0 spiro atoms. The molecule has 1 rings (SSSR count). The molecule has 0 fully saturated rings. The van der Waals surface area contributed by atoms with Crippen molar-refractivity contribution in [2.45, 2.75) is 39.3 Å². The molecule has 1 aromatic rings. The van der Waals surface area contributed by atoms with Gasteiger partial charge in [0.25, 0.3) is 0 Å². The Hall–Kier alpha value is -0.640. The van der Waals surface area contributed by atoms with Crippen molar-refractivity contribution in [3.05, 3.63) is 34.6 Å². The van der Waals surface area contributed by atoms with Crippen LogP contribution in [0.4, 0.5) is 4.39 Å². The monoisotopic (exact) mass is 273 g/mol.